The van der Waals surface area contributed by atoms with E-state index in [-0.39, 0.29) is 11.3 Å². The number of aromatic amines is 1. The van der Waals surface area contributed by atoms with Crippen LogP contribution in [0.3, 0.4) is 0 Å². The molecule has 5 nitrogen and oxygen atoms in total. The Hall–Kier alpha value is -2.14. The number of amides is 1. The van der Waals surface area contributed by atoms with Gasteiger partial charge in [-0.05, 0) is 23.1 Å². The summed E-state index contributed by atoms with van der Waals surface area (Å²) in [4.78, 5) is 19.0. The first-order chi connectivity index (χ1) is 9.38. The smallest absolute Gasteiger partial charge is 0.241 e. The van der Waals surface area contributed by atoms with Crippen LogP contribution < -0.4 is 11.1 Å². The van der Waals surface area contributed by atoms with Gasteiger partial charge in [0, 0.05) is 5.69 Å². The molecule has 1 amide bonds. The van der Waals surface area contributed by atoms with Crippen molar-refractivity contribution >= 4 is 11.6 Å². The summed E-state index contributed by atoms with van der Waals surface area (Å²) >= 11 is 0. The topological polar surface area (TPSA) is 83.8 Å². The van der Waals surface area contributed by atoms with Crippen molar-refractivity contribution < 1.29 is 4.79 Å². The minimum atomic E-state index is -0.546. The highest BCUT2D eigenvalue weighted by atomic mass is 16.2. The van der Waals surface area contributed by atoms with Crippen molar-refractivity contribution in [3.63, 3.8) is 0 Å². The molecule has 0 spiro atoms. The first-order valence-corrected chi connectivity index (χ1v) is 6.53. The molecular formula is C15H20N4O. The fraction of sp³-hybridized carbons (Fsp3) is 0.333. The summed E-state index contributed by atoms with van der Waals surface area (Å²) in [7, 11) is 0. The maximum atomic E-state index is 12.0. The number of nitrogens with zero attached hydrogens (tertiary/aromatic N) is 1. The van der Waals surface area contributed by atoms with E-state index in [0.29, 0.717) is 0 Å². The van der Waals surface area contributed by atoms with Gasteiger partial charge in [0.1, 0.15) is 0 Å². The molecule has 2 rings (SSSR count). The van der Waals surface area contributed by atoms with Gasteiger partial charge >= 0.3 is 0 Å². The van der Waals surface area contributed by atoms with Crippen LogP contribution in [0.2, 0.25) is 0 Å². The van der Waals surface area contributed by atoms with E-state index in [9.17, 15) is 4.79 Å². The zero-order valence-electron chi connectivity index (χ0n) is 12.0. The molecule has 5 heteroatoms. The standard InChI is InChI=1S/C15H20N4O/c1-15(2,3)13(16)14(20)19-11-6-4-10(5-7-11)12-8-17-9-18-12/h4-9,13H,16H2,1-3H3,(H,17,18)(H,19,20). The molecule has 1 aromatic carbocycles. The monoisotopic (exact) mass is 272 g/mol. The molecule has 1 atom stereocenters. The van der Waals surface area contributed by atoms with E-state index >= 15 is 0 Å². The van der Waals surface area contributed by atoms with Gasteiger partial charge in [-0.1, -0.05) is 32.9 Å². The number of H-pyrrole nitrogens is 1. The summed E-state index contributed by atoms with van der Waals surface area (Å²) in [5, 5.41) is 2.83. The van der Waals surface area contributed by atoms with Crippen LogP contribution in [0.15, 0.2) is 36.8 Å². The second-order valence-corrected chi connectivity index (χ2v) is 5.88. The van der Waals surface area contributed by atoms with Gasteiger partial charge in [-0.2, -0.15) is 0 Å². The van der Waals surface area contributed by atoms with Crippen LogP contribution in [-0.4, -0.2) is 21.9 Å². The lowest BCUT2D eigenvalue weighted by Gasteiger charge is -2.25. The summed E-state index contributed by atoms with van der Waals surface area (Å²) in [5.74, 6) is -0.174. The maximum Gasteiger partial charge on any atom is 0.241 e. The van der Waals surface area contributed by atoms with E-state index < -0.39 is 6.04 Å². The third-order valence-electron chi connectivity index (χ3n) is 3.18. The van der Waals surface area contributed by atoms with Crippen molar-refractivity contribution in [2.45, 2.75) is 26.8 Å². The Morgan fingerprint density at radius 2 is 1.95 bits per heavy atom. The molecule has 2 aromatic rings. The van der Waals surface area contributed by atoms with Crippen LogP contribution in [-0.2, 0) is 4.79 Å². The molecule has 0 fully saturated rings. The lowest BCUT2D eigenvalue weighted by molar-refractivity contribution is -0.119. The number of hydrogen-bond donors (Lipinski definition) is 3. The fourth-order valence-corrected chi connectivity index (χ4v) is 1.76. The molecule has 0 saturated carbocycles. The Bertz CT molecular complexity index is 567. The number of carbonyl (C=O) groups excluding carboxylic acids is 1. The molecule has 0 aliphatic carbocycles. The first kappa shape index (κ1) is 14.3. The zero-order chi connectivity index (χ0) is 14.8. The van der Waals surface area contributed by atoms with Gasteiger partial charge in [0.05, 0.1) is 24.3 Å². The number of rotatable bonds is 3. The van der Waals surface area contributed by atoms with E-state index in [0.717, 1.165) is 16.9 Å². The van der Waals surface area contributed by atoms with Crippen molar-refractivity contribution in [3.05, 3.63) is 36.8 Å². The second kappa shape index (κ2) is 5.46. The highest BCUT2D eigenvalue weighted by Gasteiger charge is 2.27. The minimum Gasteiger partial charge on any atom is -0.345 e. The van der Waals surface area contributed by atoms with Gasteiger partial charge in [0.25, 0.3) is 0 Å². The Labute approximate surface area is 118 Å². The van der Waals surface area contributed by atoms with E-state index in [1.807, 2.05) is 45.0 Å². The van der Waals surface area contributed by atoms with Gasteiger partial charge in [-0.15, -0.1) is 0 Å². The first-order valence-electron chi connectivity index (χ1n) is 6.53. The van der Waals surface area contributed by atoms with Crippen LogP contribution in [0, 0.1) is 5.41 Å². The molecule has 0 radical (unpaired) electrons. The van der Waals surface area contributed by atoms with Crippen LogP contribution in [0.4, 0.5) is 5.69 Å². The summed E-state index contributed by atoms with van der Waals surface area (Å²) in [5.41, 5.74) is 8.35. The van der Waals surface area contributed by atoms with E-state index in [1.165, 1.54) is 0 Å². The number of aromatic nitrogens is 2. The Morgan fingerprint density at radius 3 is 2.45 bits per heavy atom. The van der Waals surface area contributed by atoms with Gasteiger partial charge < -0.3 is 16.0 Å². The molecule has 106 valence electrons. The zero-order valence-corrected chi connectivity index (χ0v) is 12.0. The number of carbonyl (C=O) groups is 1. The third kappa shape index (κ3) is 3.24. The molecule has 0 saturated heterocycles. The van der Waals surface area contributed by atoms with E-state index in [2.05, 4.69) is 15.3 Å². The average molecular weight is 272 g/mol. The molecule has 4 N–H and O–H groups in total. The molecule has 1 heterocycles. The van der Waals surface area contributed by atoms with E-state index in [1.54, 1.807) is 12.5 Å². The van der Waals surface area contributed by atoms with Crippen LogP contribution >= 0.6 is 0 Å². The number of nitrogens with one attached hydrogen (secondary N) is 2. The SMILES string of the molecule is CC(C)(C)C(N)C(=O)Nc1ccc(-c2cnc[nH]2)cc1. The maximum absolute atomic E-state index is 12.0. The summed E-state index contributed by atoms with van der Waals surface area (Å²) < 4.78 is 0. The number of anilines is 1. The number of imidazole rings is 1. The number of benzene rings is 1. The number of hydrogen-bond acceptors (Lipinski definition) is 3. The predicted octanol–water partition coefficient (Wildman–Crippen LogP) is 2.39. The lowest BCUT2D eigenvalue weighted by atomic mass is 9.87. The van der Waals surface area contributed by atoms with Gasteiger partial charge in [0.15, 0.2) is 0 Å². The van der Waals surface area contributed by atoms with Crippen LogP contribution in [0.25, 0.3) is 11.3 Å². The molecule has 0 aliphatic heterocycles. The summed E-state index contributed by atoms with van der Waals surface area (Å²) in [6.45, 7) is 5.83. The van der Waals surface area contributed by atoms with Crippen molar-refractivity contribution in [1.29, 1.82) is 0 Å². The molecular weight excluding hydrogens is 252 g/mol. The van der Waals surface area contributed by atoms with Gasteiger partial charge in [-0.3, -0.25) is 4.79 Å². The van der Waals surface area contributed by atoms with Crippen molar-refractivity contribution in [1.82, 2.24) is 9.97 Å². The largest absolute Gasteiger partial charge is 0.345 e. The average Bonchev–Trinajstić information content (AvgIpc) is 2.91. The Morgan fingerprint density at radius 1 is 1.30 bits per heavy atom. The normalized spacial score (nSPS) is 13.0. The van der Waals surface area contributed by atoms with E-state index in [4.69, 9.17) is 5.73 Å². The van der Waals surface area contributed by atoms with Crippen molar-refractivity contribution in [2.75, 3.05) is 5.32 Å². The van der Waals surface area contributed by atoms with Crippen LogP contribution in [0.1, 0.15) is 20.8 Å². The predicted molar refractivity (Wildman–Crippen MR) is 80.1 cm³/mol. The number of nitrogens with two attached hydrogens (primary N) is 1. The highest BCUT2D eigenvalue weighted by molar-refractivity contribution is 5.95. The molecule has 1 unspecified atom stereocenters. The van der Waals surface area contributed by atoms with Crippen molar-refractivity contribution in [2.24, 2.45) is 11.1 Å². The van der Waals surface area contributed by atoms with Gasteiger partial charge in [0.2, 0.25) is 5.91 Å². The highest BCUT2D eigenvalue weighted by Crippen LogP contribution is 2.21. The minimum absolute atomic E-state index is 0.174. The Balaban J connectivity index is 2.06. The van der Waals surface area contributed by atoms with Gasteiger partial charge in [-0.25, -0.2) is 4.98 Å². The lowest BCUT2D eigenvalue weighted by Crippen LogP contribution is -2.45. The third-order valence-corrected chi connectivity index (χ3v) is 3.18. The summed E-state index contributed by atoms with van der Waals surface area (Å²) in [6, 6.07) is 7.00. The van der Waals surface area contributed by atoms with Crippen molar-refractivity contribution in [3.8, 4) is 11.3 Å². The Kier molecular flexibility index (Phi) is 3.90. The molecule has 1 aromatic heterocycles. The molecule has 0 aliphatic rings. The molecule has 20 heavy (non-hydrogen) atoms. The van der Waals surface area contributed by atoms with Crippen LogP contribution in [0.5, 0.6) is 0 Å². The molecule has 0 bridgehead atoms. The fourth-order valence-electron chi connectivity index (χ4n) is 1.76. The summed E-state index contributed by atoms with van der Waals surface area (Å²) in [6.07, 6.45) is 3.39. The second-order valence-electron chi connectivity index (χ2n) is 5.88. The quantitative estimate of drug-likeness (QED) is 0.802.